The molecule has 0 saturated carbocycles. The molecule has 2 fully saturated rings. The molecule has 1 unspecified atom stereocenters. The maximum atomic E-state index is 15.8. The van der Waals surface area contributed by atoms with Crippen LogP contribution in [0.1, 0.15) is 30.4 Å². The zero-order chi connectivity index (χ0) is 28.6. The third kappa shape index (κ3) is 5.18. The highest BCUT2D eigenvalue weighted by Crippen LogP contribution is 2.34. The summed E-state index contributed by atoms with van der Waals surface area (Å²) in [4.78, 5) is 9.02. The van der Waals surface area contributed by atoms with Crippen molar-refractivity contribution in [2.45, 2.75) is 38.1 Å². The molecule has 0 amide bonds. The van der Waals surface area contributed by atoms with Gasteiger partial charge in [0.1, 0.15) is 5.82 Å². The Morgan fingerprint density at radius 3 is 2.69 bits per heavy atom. The number of nitrogen functional groups attached to an aromatic ring is 1. The van der Waals surface area contributed by atoms with E-state index in [0.29, 0.717) is 35.1 Å². The predicted octanol–water partition coefficient (Wildman–Crippen LogP) is 3.80. The lowest BCUT2D eigenvalue weighted by atomic mass is 9.87. The molecule has 4 aromatic rings. The van der Waals surface area contributed by atoms with E-state index in [-0.39, 0.29) is 11.8 Å². The maximum absolute atomic E-state index is 15.8. The predicted molar refractivity (Wildman–Crippen MR) is 163 cm³/mol. The van der Waals surface area contributed by atoms with Crippen molar-refractivity contribution in [3.05, 3.63) is 65.5 Å². The van der Waals surface area contributed by atoms with Crippen LogP contribution in [-0.2, 0) is 12.8 Å². The number of nitrogens with zero attached hydrogens (tertiary/aromatic N) is 7. The fraction of sp³-hybridized carbons (Fsp3) is 0.419. The van der Waals surface area contributed by atoms with Crippen molar-refractivity contribution in [1.29, 1.82) is 0 Å². The van der Waals surface area contributed by atoms with Crippen molar-refractivity contribution in [3.63, 3.8) is 0 Å². The SMILES string of the molecule is CN1CCN(c2ccc(Nc3nc(N)nn3-c3cc4c(nn3)-c3ccccc3CCC4)cc2F)C(C2CCNCC2)C1. The van der Waals surface area contributed by atoms with Crippen LogP contribution in [0.4, 0.5) is 27.7 Å². The lowest BCUT2D eigenvalue weighted by Gasteiger charge is -2.46. The number of hydrogen-bond acceptors (Lipinski definition) is 9. The van der Waals surface area contributed by atoms with Crippen LogP contribution in [0.3, 0.4) is 0 Å². The second kappa shape index (κ2) is 11.3. The third-order valence-corrected chi connectivity index (χ3v) is 8.93. The Labute approximate surface area is 245 Å². The number of likely N-dealkylation sites (N-methyl/N-ethyl adjacent to an activating group) is 1. The van der Waals surface area contributed by atoms with Gasteiger partial charge >= 0.3 is 0 Å². The summed E-state index contributed by atoms with van der Waals surface area (Å²) in [7, 11) is 2.16. The number of piperazine rings is 1. The summed E-state index contributed by atoms with van der Waals surface area (Å²) < 4.78 is 17.3. The molecular weight excluding hydrogens is 531 g/mol. The van der Waals surface area contributed by atoms with E-state index in [2.05, 4.69) is 66.0 Å². The van der Waals surface area contributed by atoms with Crippen LogP contribution in [0.15, 0.2) is 48.5 Å². The normalized spacial score (nSPS) is 19.7. The molecule has 0 spiro atoms. The molecule has 218 valence electrons. The molecule has 3 aliphatic rings. The lowest BCUT2D eigenvalue weighted by molar-refractivity contribution is 0.199. The third-order valence-electron chi connectivity index (χ3n) is 8.93. The number of hydrogen-bond donors (Lipinski definition) is 3. The number of aromatic nitrogens is 5. The highest BCUT2D eigenvalue weighted by molar-refractivity contribution is 5.68. The Kier molecular flexibility index (Phi) is 7.20. The molecule has 2 aromatic carbocycles. The van der Waals surface area contributed by atoms with Gasteiger partial charge in [0.15, 0.2) is 5.82 Å². The molecule has 1 aliphatic carbocycles. The summed E-state index contributed by atoms with van der Waals surface area (Å²) >= 11 is 0. The molecular formula is C31H37FN10. The maximum Gasteiger partial charge on any atom is 0.241 e. The molecule has 2 aromatic heterocycles. The number of nitrogens with one attached hydrogen (secondary N) is 2. The second-order valence-electron chi connectivity index (χ2n) is 11.7. The Morgan fingerprint density at radius 1 is 1.00 bits per heavy atom. The van der Waals surface area contributed by atoms with E-state index in [1.54, 1.807) is 4.68 Å². The number of anilines is 4. The highest BCUT2D eigenvalue weighted by Gasteiger charge is 2.34. The van der Waals surface area contributed by atoms with Gasteiger partial charge in [-0.1, -0.05) is 24.3 Å². The van der Waals surface area contributed by atoms with E-state index < -0.39 is 0 Å². The number of nitrogens with two attached hydrogens (primary N) is 1. The van der Waals surface area contributed by atoms with Crippen LogP contribution < -0.4 is 21.3 Å². The lowest BCUT2D eigenvalue weighted by Crippen LogP contribution is -2.56. The van der Waals surface area contributed by atoms with E-state index in [4.69, 9.17) is 5.73 Å². The van der Waals surface area contributed by atoms with Gasteiger partial charge < -0.3 is 26.2 Å². The molecule has 11 heteroatoms. The van der Waals surface area contributed by atoms with Crippen LogP contribution in [0.25, 0.3) is 17.1 Å². The molecule has 10 nitrogen and oxygen atoms in total. The van der Waals surface area contributed by atoms with Crippen LogP contribution in [-0.4, -0.2) is 75.7 Å². The van der Waals surface area contributed by atoms with E-state index >= 15 is 4.39 Å². The van der Waals surface area contributed by atoms with Gasteiger partial charge in [-0.25, -0.2) is 4.39 Å². The van der Waals surface area contributed by atoms with Crippen molar-refractivity contribution in [2.24, 2.45) is 5.92 Å². The second-order valence-corrected chi connectivity index (χ2v) is 11.7. The summed E-state index contributed by atoms with van der Waals surface area (Å²) in [6, 6.07) is 15.9. The Hall–Kier alpha value is -4.09. The quantitative estimate of drug-likeness (QED) is 0.331. The summed E-state index contributed by atoms with van der Waals surface area (Å²) in [6.45, 7) is 4.71. The summed E-state index contributed by atoms with van der Waals surface area (Å²) in [5, 5.41) is 20.2. The minimum Gasteiger partial charge on any atom is -0.366 e. The monoisotopic (exact) mass is 568 g/mol. The Bertz CT molecular complexity index is 1580. The first-order valence-electron chi connectivity index (χ1n) is 14.9. The Balaban J connectivity index is 1.15. The minimum absolute atomic E-state index is 0.0962. The topological polar surface area (TPSA) is 113 Å². The molecule has 7 rings (SSSR count). The number of piperidine rings is 1. The fourth-order valence-electron chi connectivity index (χ4n) is 6.78. The van der Waals surface area contributed by atoms with Crippen LogP contribution >= 0.6 is 0 Å². The molecule has 1 atom stereocenters. The average molecular weight is 569 g/mol. The largest absolute Gasteiger partial charge is 0.366 e. The molecule has 0 radical (unpaired) electrons. The van der Waals surface area contributed by atoms with Crippen molar-refractivity contribution >= 4 is 23.3 Å². The van der Waals surface area contributed by atoms with Gasteiger partial charge in [0, 0.05) is 36.9 Å². The van der Waals surface area contributed by atoms with Gasteiger partial charge in [0.05, 0.1) is 11.4 Å². The summed E-state index contributed by atoms with van der Waals surface area (Å²) in [5.74, 6) is 1.25. The molecule has 0 bridgehead atoms. The standard InChI is InChI=1S/C31H37FN10/c1-40-15-16-41(27(19-40)21-11-13-34-14-12-21)26-10-9-23(18-25(26)32)35-31-36-30(33)39-42(31)28-17-22-7-4-6-20-5-2-3-8-24(20)29(22)38-37-28/h2-3,5,8-10,17-18,21,27,34H,4,6-7,11-16,19H2,1H3,(H3,33,35,36,39). The van der Waals surface area contributed by atoms with Crippen LogP contribution in [0, 0.1) is 11.7 Å². The van der Waals surface area contributed by atoms with Gasteiger partial charge in [0.2, 0.25) is 11.9 Å². The molecule has 42 heavy (non-hydrogen) atoms. The average Bonchev–Trinajstić information content (AvgIpc) is 3.27. The number of fused-ring (bicyclic) bond motifs is 3. The first kappa shape index (κ1) is 26.8. The van der Waals surface area contributed by atoms with E-state index in [1.165, 1.54) is 11.6 Å². The number of rotatable bonds is 5. The molecule has 4 heterocycles. The van der Waals surface area contributed by atoms with E-state index in [0.717, 1.165) is 81.6 Å². The van der Waals surface area contributed by atoms with Gasteiger partial charge in [-0.3, -0.25) is 0 Å². The molecule has 2 saturated heterocycles. The first-order valence-corrected chi connectivity index (χ1v) is 14.9. The summed E-state index contributed by atoms with van der Waals surface area (Å²) in [6.07, 6.45) is 5.14. The molecule has 2 aliphatic heterocycles. The fourth-order valence-corrected chi connectivity index (χ4v) is 6.78. The van der Waals surface area contributed by atoms with Crippen LogP contribution in [0.5, 0.6) is 0 Å². The number of halogens is 1. The summed E-state index contributed by atoms with van der Waals surface area (Å²) in [5.41, 5.74) is 11.7. The van der Waals surface area contributed by atoms with Gasteiger partial charge in [-0.05, 0) is 93.6 Å². The van der Waals surface area contributed by atoms with E-state index in [1.807, 2.05) is 24.3 Å². The molecule has 4 N–H and O–H groups in total. The number of aryl methyl sites for hydroxylation is 2. The highest BCUT2D eigenvalue weighted by atomic mass is 19.1. The van der Waals surface area contributed by atoms with Gasteiger partial charge in [-0.2, -0.15) is 9.67 Å². The smallest absolute Gasteiger partial charge is 0.241 e. The Morgan fingerprint density at radius 2 is 1.83 bits per heavy atom. The van der Waals surface area contributed by atoms with Crippen molar-refractivity contribution < 1.29 is 4.39 Å². The zero-order valence-electron chi connectivity index (χ0n) is 23.9. The van der Waals surface area contributed by atoms with Crippen LogP contribution in [0.2, 0.25) is 0 Å². The van der Waals surface area contributed by atoms with E-state index in [9.17, 15) is 0 Å². The first-order chi connectivity index (χ1) is 20.5. The van der Waals surface area contributed by atoms with Crippen molar-refractivity contribution in [1.82, 2.24) is 35.2 Å². The zero-order valence-corrected chi connectivity index (χ0v) is 23.9. The van der Waals surface area contributed by atoms with Crippen molar-refractivity contribution in [3.8, 4) is 17.1 Å². The number of benzene rings is 2. The minimum atomic E-state index is -0.258. The van der Waals surface area contributed by atoms with Gasteiger partial charge in [0.25, 0.3) is 0 Å². The van der Waals surface area contributed by atoms with Crippen molar-refractivity contribution in [2.75, 3.05) is 55.7 Å². The van der Waals surface area contributed by atoms with Gasteiger partial charge in [-0.15, -0.1) is 15.3 Å².